The van der Waals surface area contributed by atoms with E-state index in [1.165, 1.54) is 5.56 Å². The van der Waals surface area contributed by atoms with Gasteiger partial charge in [0, 0.05) is 19.6 Å². The minimum absolute atomic E-state index is 0.0230. The fourth-order valence-corrected chi connectivity index (χ4v) is 2.25. The van der Waals surface area contributed by atoms with Crippen molar-refractivity contribution in [3.8, 4) is 0 Å². The first-order valence-electron chi connectivity index (χ1n) is 8.19. The molecule has 3 unspecified atom stereocenters. The molecule has 0 spiro atoms. The molecular formula is C18H30O4. The number of ether oxygens (including phenoxy) is 4. The van der Waals surface area contributed by atoms with Gasteiger partial charge in [0.2, 0.25) is 0 Å². The van der Waals surface area contributed by atoms with Crippen molar-refractivity contribution in [1.82, 2.24) is 0 Å². The highest BCUT2D eigenvalue weighted by atomic mass is 16.7. The van der Waals surface area contributed by atoms with Gasteiger partial charge in [-0.2, -0.15) is 0 Å². The Hall–Kier alpha value is -0.940. The molecule has 0 aromatic heterocycles. The van der Waals surface area contributed by atoms with Crippen LogP contribution in [0.5, 0.6) is 0 Å². The van der Waals surface area contributed by atoms with Crippen LogP contribution >= 0.6 is 0 Å². The van der Waals surface area contributed by atoms with Gasteiger partial charge < -0.3 is 18.9 Å². The highest BCUT2D eigenvalue weighted by Gasteiger charge is 2.16. The molecule has 126 valence electrons. The summed E-state index contributed by atoms with van der Waals surface area (Å²) in [6.45, 7) is 9.78. The summed E-state index contributed by atoms with van der Waals surface area (Å²) in [4.78, 5) is 0. The highest BCUT2D eigenvalue weighted by Crippen LogP contribution is 2.11. The van der Waals surface area contributed by atoms with Crippen LogP contribution in [-0.4, -0.2) is 38.5 Å². The zero-order chi connectivity index (χ0) is 16.2. The monoisotopic (exact) mass is 310 g/mol. The van der Waals surface area contributed by atoms with Crippen molar-refractivity contribution in [2.75, 3.05) is 19.8 Å². The zero-order valence-electron chi connectivity index (χ0n) is 14.3. The van der Waals surface area contributed by atoms with Crippen LogP contribution in [0.3, 0.4) is 0 Å². The molecule has 1 aromatic carbocycles. The third-order valence-corrected chi connectivity index (χ3v) is 3.24. The summed E-state index contributed by atoms with van der Waals surface area (Å²) in [5, 5.41) is 0. The van der Waals surface area contributed by atoms with Crippen LogP contribution in [0.2, 0.25) is 0 Å². The van der Waals surface area contributed by atoms with Crippen molar-refractivity contribution in [2.45, 2.75) is 59.2 Å². The van der Waals surface area contributed by atoms with Gasteiger partial charge in [-0.3, -0.25) is 0 Å². The van der Waals surface area contributed by atoms with E-state index in [9.17, 15) is 0 Å². The van der Waals surface area contributed by atoms with Crippen LogP contribution < -0.4 is 0 Å². The minimum atomic E-state index is -0.238. The molecule has 0 aliphatic rings. The molecule has 0 aliphatic heterocycles. The lowest BCUT2D eigenvalue weighted by Gasteiger charge is -2.24. The molecule has 4 heteroatoms. The molecule has 3 atom stereocenters. The number of rotatable bonds is 12. The van der Waals surface area contributed by atoms with Crippen LogP contribution in [0, 0.1) is 0 Å². The molecule has 0 aliphatic carbocycles. The fourth-order valence-electron chi connectivity index (χ4n) is 2.25. The van der Waals surface area contributed by atoms with Gasteiger partial charge in [-0.05, 0) is 39.7 Å². The van der Waals surface area contributed by atoms with Gasteiger partial charge in [0.25, 0.3) is 0 Å². The molecule has 0 fully saturated rings. The summed E-state index contributed by atoms with van der Waals surface area (Å²) in [5.74, 6) is 0. The Balaban J connectivity index is 2.31. The number of benzene rings is 1. The average Bonchev–Trinajstić information content (AvgIpc) is 2.48. The van der Waals surface area contributed by atoms with E-state index in [0.29, 0.717) is 26.2 Å². The Labute approximate surface area is 134 Å². The maximum atomic E-state index is 5.86. The fraction of sp³-hybridized carbons (Fsp3) is 0.667. The predicted octanol–water partition coefficient (Wildman–Crippen LogP) is 3.79. The van der Waals surface area contributed by atoms with E-state index in [1.54, 1.807) is 0 Å². The Bertz CT molecular complexity index is 369. The molecule has 0 N–H and O–H groups in total. The van der Waals surface area contributed by atoms with Crippen LogP contribution in [0.15, 0.2) is 30.3 Å². The first-order valence-corrected chi connectivity index (χ1v) is 8.19. The van der Waals surface area contributed by atoms with Crippen molar-refractivity contribution in [3.05, 3.63) is 35.9 Å². The second-order valence-corrected chi connectivity index (χ2v) is 5.20. The Morgan fingerprint density at radius 3 is 2.23 bits per heavy atom. The van der Waals surface area contributed by atoms with Crippen molar-refractivity contribution < 1.29 is 18.9 Å². The standard InChI is InChI=1S/C18H30O4/c1-5-19-16(4)22-15(3)14-18(20-6-2)21-13-12-17-10-8-7-9-11-17/h7-11,15-16,18H,5-6,12-14H2,1-4H3. The van der Waals surface area contributed by atoms with Crippen molar-refractivity contribution in [2.24, 2.45) is 0 Å². The van der Waals surface area contributed by atoms with Gasteiger partial charge in [-0.1, -0.05) is 30.3 Å². The molecule has 4 nitrogen and oxygen atoms in total. The number of hydrogen-bond acceptors (Lipinski definition) is 4. The molecule has 0 bridgehead atoms. The van der Waals surface area contributed by atoms with Gasteiger partial charge in [-0.15, -0.1) is 0 Å². The van der Waals surface area contributed by atoms with E-state index < -0.39 is 0 Å². The van der Waals surface area contributed by atoms with E-state index in [-0.39, 0.29) is 18.7 Å². The average molecular weight is 310 g/mol. The molecule has 0 radical (unpaired) electrons. The smallest absolute Gasteiger partial charge is 0.160 e. The van der Waals surface area contributed by atoms with Gasteiger partial charge in [0.15, 0.2) is 12.6 Å². The van der Waals surface area contributed by atoms with Crippen LogP contribution in [0.1, 0.15) is 39.7 Å². The first kappa shape index (κ1) is 19.1. The molecule has 1 rings (SSSR count). The third kappa shape index (κ3) is 8.49. The molecule has 0 heterocycles. The minimum Gasteiger partial charge on any atom is -0.353 e. The topological polar surface area (TPSA) is 36.9 Å². The Kier molecular flexibility index (Phi) is 10.1. The van der Waals surface area contributed by atoms with Gasteiger partial charge in [0.05, 0.1) is 12.7 Å². The molecular weight excluding hydrogens is 280 g/mol. The van der Waals surface area contributed by atoms with Crippen LogP contribution in [0.25, 0.3) is 0 Å². The Morgan fingerprint density at radius 1 is 0.909 bits per heavy atom. The molecule has 1 aromatic rings. The summed E-state index contributed by atoms with van der Waals surface area (Å²) in [7, 11) is 0. The molecule has 0 saturated heterocycles. The van der Waals surface area contributed by atoms with Gasteiger partial charge >= 0.3 is 0 Å². The second-order valence-electron chi connectivity index (χ2n) is 5.20. The summed E-state index contributed by atoms with van der Waals surface area (Å²) in [6, 6.07) is 10.3. The van der Waals surface area contributed by atoms with Crippen LogP contribution in [0.4, 0.5) is 0 Å². The van der Waals surface area contributed by atoms with E-state index in [1.807, 2.05) is 45.9 Å². The summed E-state index contributed by atoms with van der Waals surface area (Å²) in [6.07, 6.45) is 1.16. The Morgan fingerprint density at radius 2 is 1.59 bits per heavy atom. The SMILES string of the molecule is CCOC(C)OC(C)CC(OCC)OCCc1ccccc1. The lowest BCUT2D eigenvalue weighted by atomic mass is 10.2. The maximum Gasteiger partial charge on any atom is 0.160 e. The third-order valence-electron chi connectivity index (χ3n) is 3.24. The van der Waals surface area contributed by atoms with E-state index in [0.717, 1.165) is 6.42 Å². The largest absolute Gasteiger partial charge is 0.353 e. The van der Waals surface area contributed by atoms with Crippen molar-refractivity contribution >= 4 is 0 Å². The zero-order valence-corrected chi connectivity index (χ0v) is 14.3. The molecule has 0 saturated carbocycles. The quantitative estimate of drug-likeness (QED) is 0.550. The highest BCUT2D eigenvalue weighted by molar-refractivity contribution is 5.14. The van der Waals surface area contributed by atoms with Gasteiger partial charge in [0.1, 0.15) is 0 Å². The molecule has 22 heavy (non-hydrogen) atoms. The normalized spacial score (nSPS) is 15.5. The summed E-state index contributed by atoms with van der Waals surface area (Å²) >= 11 is 0. The van der Waals surface area contributed by atoms with E-state index in [4.69, 9.17) is 18.9 Å². The number of hydrogen-bond donors (Lipinski definition) is 0. The van der Waals surface area contributed by atoms with E-state index >= 15 is 0 Å². The van der Waals surface area contributed by atoms with Crippen molar-refractivity contribution in [3.63, 3.8) is 0 Å². The lowest BCUT2D eigenvalue weighted by molar-refractivity contribution is -0.192. The summed E-state index contributed by atoms with van der Waals surface area (Å²) in [5.41, 5.74) is 1.27. The lowest BCUT2D eigenvalue weighted by Crippen LogP contribution is -2.28. The van der Waals surface area contributed by atoms with E-state index in [2.05, 4.69) is 12.1 Å². The van der Waals surface area contributed by atoms with Crippen molar-refractivity contribution in [1.29, 1.82) is 0 Å². The van der Waals surface area contributed by atoms with Crippen LogP contribution in [-0.2, 0) is 25.4 Å². The summed E-state index contributed by atoms with van der Waals surface area (Å²) < 4.78 is 22.6. The molecule has 0 amide bonds. The second kappa shape index (κ2) is 11.6. The maximum absolute atomic E-state index is 5.86. The first-order chi connectivity index (χ1) is 10.7. The predicted molar refractivity (Wildman–Crippen MR) is 87.8 cm³/mol. The van der Waals surface area contributed by atoms with Gasteiger partial charge in [-0.25, -0.2) is 0 Å².